The highest BCUT2D eigenvalue weighted by Gasteiger charge is 2.31. The van der Waals surface area contributed by atoms with Crippen LogP contribution in [0.3, 0.4) is 0 Å². The number of carbonyl (C=O) groups is 2. The maximum Gasteiger partial charge on any atom is 0.416 e. The van der Waals surface area contributed by atoms with Crippen LogP contribution in [0.2, 0.25) is 0 Å². The SMILES string of the molecule is CCOc1ccc2c(sc(=NC(=O)c3cccc(C(F)(F)F)c3)n2CC(=O)O)c1F. The molecule has 0 aliphatic rings. The first-order valence-corrected chi connectivity index (χ1v) is 9.36. The zero-order chi connectivity index (χ0) is 22.1. The number of benzene rings is 2. The highest BCUT2D eigenvalue weighted by atomic mass is 32.1. The second kappa shape index (κ2) is 8.27. The predicted molar refractivity (Wildman–Crippen MR) is 99.9 cm³/mol. The van der Waals surface area contributed by atoms with Crippen molar-refractivity contribution in [1.82, 2.24) is 4.57 Å². The van der Waals surface area contributed by atoms with E-state index in [4.69, 9.17) is 9.84 Å². The van der Waals surface area contributed by atoms with Crippen molar-refractivity contribution in [2.24, 2.45) is 4.99 Å². The molecule has 0 aliphatic carbocycles. The minimum Gasteiger partial charge on any atom is -0.491 e. The number of carboxylic acids is 1. The summed E-state index contributed by atoms with van der Waals surface area (Å²) in [6.07, 6.45) is -4.64. The van der Waals surface area contributed by atoms with Gasteiger partial charge in [0.25, 0.3) is 5.91 Å². The summed E-state index contributed by atoms with van der Waals surface area (Å²) < 4.78 is 59.7. The average molecular weight is 442 g/mol. The first-order chi connectivity index (χ1) is 14.1. The molecule has 1 aromatic heterocycles. The number of fused-ring (bicyclic) bond motifs is 1. The molecule has 0 radical (unpaired) electrons. The van der Waals surface area contributed by atoms with Crippen molar-refractivity contribution in [3.63, 3.8) is 0 Å². The van der Waals surface area contributed by atoms with Crippen molar-refractivity contribution >= 4 is 33.4 Å². The van der Waals surface area contributed by atoms with Gasteiger partial charge in [-0.05, 0) is 37.3 Å². The number of carboxylic acid groups (broad SMARTS) is 1. The molecule has 0 atom stereocenters. The fourth-order valence-electron chi connectivity index (χ4n) is 2.71. The van der Waals surface area contributed by atoms with E-state index in [1.54, 1.807) is 6.92 Å². The number of carbonyl (C=O) groups excluding carboxylic acids is 1. The molecule has 0 saturated heterocycles. The molecule has 158 valence electrons. The summed E-state index contributed by atoms with van der Waals surface area (Å²) in [5.74, 6) is -3.08. The lowest BCUT2D eigenvalue weighted by atomic mass is 10.1. The van der Waals surface area contributed by atoms with Crippen molar-refractivity contribution in [2.75, 3.05) is 6.61 Å². The van der Waals surface area contributed by atoms with Crippen LogP contribution < -0.4 is 9.54 Å². The Morgan fingerprint density at radius 2 is 1.97 bits per heavy atom. The van der Waals surface area contributed by atoms with Gasteiger partial charge in [0, 0.05) is 5.56 Å². The third-order valence-corrected chi connectivity index (χ3v) is 5.07. The molecule has 30 heavy (non-hydrogen) atoms. The number of hydrogen-bond donors (Lipinski definition) is 1. The lowest BCUT2D eigenvalue weighted by Gasteiger charge is -2.07. The van der Waals surface area contributed by atoms with Crippen molar-refractivity contribution in [1.29, 1.82) is 0 Å². The molecule has 3 aromatic rings. The number of hydrogen-bond acceptors (Lipinski definition) is 4. The second-order valence-electron chi connectivity index (χ2n) is 6.02. The lowest BCUT2D eigenvalue weighted by molar-refractivity contribution is -0.138. The third-order valence-electron chi connectivity index (χ3n) is 3.98. The van der Waals surface area contributed by atoms with Crippen molar-refractivity contribution in [2.45, 2.75) is 19.6 Å². The van der Waals surface area contributed by atoms with Crippen LogP contribution in [0, 0.1) is 5.82 Å². The van der Waals surface area contributed by atoms with Gasteiger partial charge in [0.2, 0.25) is 0 Å². The number of ether oxygens (including phenoxy) is 1. The summed E-state index contributed by atoms with van der Waals surface area (Å²) in [4.78, 5) is 27.3. The van der Waals surface area contributed by atoms with Gasteiger partial charge in [0.15, 0.2) is 16.4 Å². The second-order valence-corrected chi connectivity index (χ2v) is 7.00. The van der Waals surface area contributed by atoms with E-state index in [0.29, 0.717) is 17.4 Å². The van der Waals surface area contributed by atoms with Gasteiger partial charge < -0.3 is 14.4 Å². The summed E-state index contributed by atoms with van der Waals surface area (Å²) in [5, 5.41) is 9.17. The number of thiazole rings is 1. The molecule has 1 N–H and O–H groups in total. The van der Waals surface area contributed by atoms with Gasteiger partial charge in [-0.15, -0.1) is 0 Å². The Labute approximate surface area is 170 Å². The minimum atomic E-state index is -4.64. The molecule has 3 rings (SSSR count). The minimum absolute atomic E-state index is 0.0118. The smallest absolute Gasteiger partial charge is 0.416 e. The van der Waals surface area contributed by atoms with Crippen molar-refractivity contribution < 1.29 is 37.0 Å². The number of aliphatic carboxylic acids is 1. The van der Waals surface area contributed by atoms with E-state index in [2.05, 4.69) is 4.99 Å². The van der Waals surface area contributed by atoms with Gasteiger partial charge in [-0.25, -0.2) is 4.39 Å². The normalized spacial score (nSPS) is 12.4. The van der Waals surface area contributed by atoms with Gasteiger partial charge >= 0.3 is 12.1 Å². The van der Waals surface area contributed by atoms with E-state index in [1.807, 2.05) is 0 Å². The highest BCUT2D eigenvalue weighted by Crippen LogP contribution is 2.30. The number of rotatable bonds is 5. The van der Waals surface area contributed by atoms with Crippen LogP contribution in [-0.4, -0.2) is 28.2 Å². The molecule has 0 spiro atoms. The summed E-state index contributed by atoms with van der Waals surface area (Å²) in [7, 11) is 0. The van der Waals surface area contributed by atoms with E-state index in [9.17, 15) is 27.2 Å². The highest BCUT2D eigenvalue weighted by molar-refractivity contribution is 7.16. The van der Waals surface area contributed by atoms with Gasteiger partial charge in [0.05, 0.1) is 22.4 Å². The first-order valence-electron chi connectivity index (χ1n) is 8.54. The maximum atomic E-state index is 14.7. The van der Waals surface area contributed by atoms with Gasteiger partial charge in [0.1, 0.15) is 6.54 Å². The Hall–Kier alpha value is -3.21. The van der Waals surface area contributed by atoms with E-state index < -0.39 is 36.0 Å². The molecule has 0 saturated carbocycles. The van der Waals surface area contributed by atoms with E-state index in [-0.39, 0.29) is 32.9 Å². The molecule has 0 aliphatic heterocycles. The number of halogens is 4. The summed E-state index contributed by atoms with van der Waals surface area (Å²) >= 11 is 0.700. The molecule has 1 amide bonds. The Balaban J connectivity index is 2.16. The number of nitrogens with zero attached hydrogens (tertiary/aromatic N) is 2. The predicted octanol–water partition coefficient (Wildman–Crippen LogP) is 4.09. The largest absolute Gasteiger partial charge is 0.491 e. The third kappa shape index (κ3) is 4.35. The first kappa shape index (κ1) is 21.5. The van der Waals surface area contributed by atoms with Gasteiger partial charge in [-0.3, -0.25) is 9.59 Å². The molecule has 0 fully saturated rings. The van der Waals surface area contributed by atoms with Crippen LogP contribution in [0.25, 0.3) is 10.2 Å². The average Bonchev–Trinajstić information content (AvgIpc) is 3.01. The Bertz CT molecular complexity index is 1200. The number of amides is 1. The molecular weight excluding hydrogens is 428 g/mol. The molecule has 6 nitrogen and oxygen atoms in total. The maximum absolute atomic E-state index is 14.7. The van der Waals surface area contributed by atoms with Gasteiger partial charge in [-0.1, -0.05) is 17.4 Å². The molecule has 0 bridgehead atoms. The van der Waals surface area contributed by atoms with Crippen LogP contribution in [-0.2, 0) is 17.5 Å². The quantitative estimate of drug-likeness (QED) is 0.604. The van der Waals surface area contributed by atoms with Crippen molar-refractivity contribution in [3.05, 3.63) is 58.1 Å². The van der Waals surface area contributed by atoms with Gasteiger partial charge in [-0.2, -0.15) is 18.2 Å². The van der Waals surface area contributed by atoms with Crippen LogP contribution >= 0.6 is 11.3 Å². The molecule has 2 aromatic carbocycles. The summed E-state index contributed by atoms with van der Waals surface area (Å²) in [6, 6.07) is 6.43. The summed E-state index contributed by atoms with van der Waals surface area (Å²) in [5.41, 5.74) is -1.19. The Morgan fingerprint density at radius 1 is 1.23 bits per heavy atom. The zero-order valence-electron chi connectivity index (χ0n) is 15.4. The molecule has 11 heteroatoms. The Morgan fingerprint density at radius 3 is 2.60 bits per heavy atom. The molecule has 1 heterocycles. The van der Waals surface area contributed by atoms with Crippen LogP contribution in [0.1, 0.15) is 22.8 Å². The van der Waals surface area contributed by atoms with E-state index in [0.717, 1.165) is 22.8 Å². The topological polar surface area (TPSA) is 80.9 Å². The zero-order valence-corrected chi connectivity index (χ0v) is 16.2. The molecule has 0 unspecified atom stereocenters. The number of alkyl halides is 3. The molecular formula is C19H14F4N2O4S. The monoisotopic (exact) mass is 442 g/mol. The van der Waals surface area contributed by atoms with E-state index >= 15 is 0 Å². The fraction of sp³-hybridized carbons (Fsp3) is 0.211. The lowest BCUT2D eigenvalue weighted by Crippen LogP contribution is -2.21. The van der Waals surface area contributed by atoms with Crippen LogP contribution in [0.15, 0.2) is 41.4 Å². The fourth-order valence-corrected chi connectivity index (χ4v) is 3.76. The number of aromatic nitrogens is 1. The standard InChI is InChI=1S/C19H14F4N2O4S/c1-2-29-13-7-6-12-16(15(13)20)30-18(25(12)9-14(26)27)24-17(28)10-4-3-5-11(8-10)19(21,22)23/h3-8H,2,9H2,1H3,(H,26,27). The van der Waals surface area contributed by atoms with Crippen LogP contribution in [0.4, 0.5) is 17.6 Å². The Kier molecular flexibility index (Phi) is 5.92. The van der Waals surface area contributed by atoms with Crippen molar-refractivity contribution in [3.8, 4) is 5.75 Å². The van der Waals surface area contributed by atoms with E-state index in [1.165, 1.54) is 12.1 Å². The summed E-state index contributed by atoms with van der Waals surface area (Å²) in [6.45, 7) is 1.24. The van der Waals surface area contributed by atoms with Crippen LogP contribution in [0.5, 0.6) is 5.75 Å².